The van der Waals surface area contributed by atoms with Gasteiger partial charge in [0, 0.05) is 6.54 Å². The maximum absolute atomic E-state index is 13.5. The van der Waals surface area contributed by atoms with Crippen molar-refractivity contribution in [2.24, 2.45) is 11.7 Å². The van der Waals surface area contributed by atoms with Crippen LogP contribution < -0.4 is 11.1 Å². The van der Waals surface area contributed by atoms with Crippen molar-refractivity contribution in [3.8, 4) is 0 Å². The van der Waals surface area contributed by atoms with Crippen molar-refractivity contribution in [3.05, 3.63) is 35.9 Å². The van der Waals surface area contributed by atoms with E-state index < -0.39 is 17.8 Å². The first-order chi connectivity index (χ1) is 7.53. The van der Waals surface area contributed by atoms with Gasteiger partial charge in [-0.15, -0.1) is 0 Å². The van der Waals surface area contributed by atoms with Crippen LogP contribution in [0.5, 0.6) is 0 Å². The van der Waals surface area contributed by atoms with Crippen molar-refractivity contribution in [2.75, 3.05) is 6.54 Å². The molecule has 0 heterocycles. The minimum Gasteiger partial charge on any atom is -0.376 e. The second-order valence-electron chi connectivity index (χ2n) is 3.91. The van der Waals surface area contributed by atoms with E-state index in [2.05, 4.69) is 17.5 Å². The van der Waals surface area contributed by atoms with Crippen LogP contribution >= 0.6 is 12.2 Å². The summed E-state index contributed by atoms with van der Waals surface area (Å²) < 4.78 is 26.9. The molecule has 2 nitrogen and oxygen atoms in total. The number of rotatable bonds is 3. The van der Waals surface area contributed by atoms with E-state index in [1.54, 1.807) is 24.3 Å². The topological polar surface area (TPSA) is 38.0 Å². The molecule has 5 heteroatoms. The van der Waals surface area contributed by atoms with Gasteiger partial charge in [-0.1, -0.05) is 30.3 Å². The molecule has 0 amide bonds. The third-order valence-electron chi connectivity index (χ3n) is 2.86. The number of benzene rings is 1. The smallest absolute Gasteiger partial charge is 0.260 e. The van der Waals surface area contributed by atoms with E-state index >= 15 is 0 Å². The van der Waals surface area contributed by atoms with Gasteiger partial charge in [0.25, 0.3) is 5.92 Å². The zero-order valence-electron chi connectivity index (χ0n) is 8.49. The molecule has 1 aromatic rings. The van der Waals surface area contributed by atoms with Crippen LogP contribution in [0.4, 0.5) is 8.78 Å². The number of nitrogens with two attached hydrogens (primary N) is 1. The summed E-state index contributed by atoms with van der Waals surface area (Å²) in [5, 5.41) is 2.66. The molecular weight excluding hydrogens is 230 g/mol. The monoisotopic (exact) mass is 242 g/mol. The van der Waals surface area contributed by atoms with Gasteiger partial charge in [-0.3, -0.25) is 0 Å². The highest BCUT2D eigenvalue weighted by molar-refractivity contribution is 7.80. The van der Waals surface area contributed by atoms with E-state index in [1.807, 2.05) is 6.07 Å². The first-order valence-corrected chi connectivity index (χ1v) is 5.40. The fourth-order valence-corrected chi connectivity index (χ4v) is 2.05. The summed E-state index contributed by atoms with van der Waals surface area (Å²) in [5.74, 6) is -4.08. The Morgan fingerprint density at radius 3 is 2.56 bits per heavy atom. The summed E-state index contributed by atoms with van der Waals surface area (Å²) in [6.07, 6.45) is 0. The molecule has 0 radical (unpaired) electrons. The predicted molar refractivity (Wildman–Crippen MR) is 62.4 cm³/mol. The highest BCUT2D eigenvalue weighted by Crippen LogP contribution is 2.61. The molecule has 0 aromatic heterocycles. The summed E-state index contributed by atoms with van der Waals surface area (Å²) in [6.45, 7) is 0.127. The van der Waals surface area contributed by atoms with E-state index in [0.29, 0.717) is 5.56 Å². The molecule has 1 aliphatic carbocycles. The number of nitrogens with one attached hydrogen (secondary N) is 1. The summed E-state index contributed by atoms with van der Waals surface area (Å²) >= 11 is 4.59. The lowest BCUT2D eigenvalue weighted by atomic mass is 10.1. The molecule has 16 heavy (non-hydrogen) atoms. The molecule has 3 N–H and O–H groups in total. The van der Waals surface area contributed by atoms with E-state index in [-0.39, 0.29) is 11.7 Å². The highest BCUT2D eigenvalue weighted by atomic mass is 32.1. The van der Waals surface area contributed by atoms with Crippen molar-refractivity contribution in [2.45, 2.75) is 11.8 Å². The van der Waals surface area contributed by atoms with Crippen molar-refractivity contribution < 1.29 is 8.78 Å². The quantitative estimate of drug-likeness (QED) is 0.795. The average Bonchev–Trinajstić information content (AvgIpc) is 2.79. The maximum atomic E-state index is 13.5. The first kappa shape index (κ1) is 11.3. The number of hydrogen-bond acceptors (Lipinski definition) is 1. The van der Waals surface area contributed by atoms with E-state index in [4.69, 9.17) is 5.73 Å². The number of thiocarbonyl (C=S) groups is 1. The zero-order chi connectivity index (χ0) is 11.8. The minimum atomic E-state index is -2.65. The Morgan fingerprint density at radius 1 is 1.38 bits per heavy atom. The molecule has 0 saturated heterocycles. The SMILES string of the molecule is NC(=S)NC[C@@H]1[C@@H](c2ccccc2)C1(F)F. The molecule has 0 spiro atoms. The van der Waals surface area contributed by atoms with Crippen LogP contribution in [0.3, 0.4) is 0 Å². The Kier molecular flexibility index (Phi) is 2.80. The lowest BCUT2D eigenvalue weighted by Gasteiger charge is -2.01. The van der Waals surface area contributed by atoms with Crippen LogP contribution in [0.15, 0.2) is 30.3 Å². The van der Waals surface area contributed by atoms with E-state index in [1.165, 1.54) is 0 Å². The molecule has 2 rings (SSSR count). The van der Waals surface area contributed by atoms with E-state index in [0.717, 1.165) is 0 Å². The summed E-state index contributed by atoms with van der Waals surface area (Å²) in [6, 6.07) is 8.79. The Bertz CT molecular complexity index is 394. The van der Waals surface area contributed by atoms with Gasteiger partial charge in [-0.25, -0.2) is 8.78 Å². The molecule has 0 bridgehead atoms. The lowest BCUT2D eigenvalue weighted by Crippen LogP contribution is -2.31. The summed E-state index contributed by atoms with van der Waals surface area (Å²) in [4.78, 5) is 0. The van der Waals surface area contributed by atoms with Crippen LogP contribution in [-0.4, -0.2) is 17.6 Å². The number of alkyl halides is 2. The van der Waals surface area contributed by atoms with Gasteiger partial charge in [0.1, 0.15) is 0 Å². The normalized spacial score (nSPS) is 26.1. The molecule has 86 valence electrons. The zero-order valence-corrected chi connectivity index (χ0v) is 9.31. The fraction of sp³-hybridized carbons (Fsp3) is 0.364. The molecule has 1 saturated carbocycles. The Hall–Kier alpha value is -1.23. The molecule has 1 aliphatic rings. The number of halogens is 2. The Morgan fingerprint density at radius 2 is 2.00 bits per heavy atom. The summed E-state index contributed by atoms with van der Waals surface area (Å²) in [7, 11) is 0. The largest absolute Gasteiger partial charge is 0.376 e. The molecule has 1 aromatic carbocycles. The second-order valence-corrected chi connectivity index (χ2v) is 4.35. The van der Waals surface area contributed by atoms with Crippen LogP contribution in [0.1, 0.15) is 11.5 Å². The van der Waals surface area contributed by atoms with Gasteiger partial charge < -0.3 is 11.1 Å². The average molecular weight is 242 g/mol. The van der Waals surface area contributed by atoms with Crippen LogP contribution in [0.2, 0.25) is 0 Å². The van der Waals surface area contributed by atoms with Crippen LogP contribution in [0, 0.1) is 5.92 Å². The van der Waals surface area contributed by atoms with Crippen molar-refractivity contribution in [1.29, 1.82) is 0 Å². The van der Waals surface area contributed by atoms with E-state index in [9.17, 15) is 8.78 Å². The van der Waals surface area contributed by atoms with Gasteiger partial charge in [-0.2, -0.15) is 0 Å². The molecule has 1 fully saturated rings. The minimum absolute atomic E-state index is 0.0644. The Balaban J connectivity index is 2.05. The highest BCUT2D eigenvalue weighted by Gasteiger charge is 2.68. The van der Waals surface area contributed by atoms with Crippen molar-refractivity contribution in [1.82, 2.24) is 5.32 Å². The van der Waals surface area contributed by atoms with Gasteiger partial charge in [-0.05, 0) is 17.8 Å². The van der Waals surface area contributed by atoms with Gasteiger partial charge in [0.15, 0.2) is 5.11 Å². The molecular formula is C11H12F2N2S. The standard InChI is InChI=1S/C11H12F2N2S/c12-11(13)8(6-15-10(14)16)9(11)7-4-2-1-3-5-7/h1-5,8-9H,6H2,(H3,14,15,16)/t8-,9-/m1/s1. The fourth-order valence-electron chi connectivity index (χ4n) is 1.97. The third kappa shape index (κ3) is 2.00. The maximum Gasteiger partial charge on any atom is 0.260 e. The predicted octanol–water partition coefficient (Wildman–Crippen LogP) is 1.87. The van der Waals surface area contributed by atoms with Crippen LogP contribution in [0.25, 0.3) is 0 Å². The first-order valence-electron chi connectivity index (χ1n) is 4.99. The third-order valence-corrected chi connectivity index (χ3v) is 3.00. The van der Waals surface area contributed by atoms with Gasteiger partial charge >= 0.3 is 0 Å². The van der Waals surface area contributed by atoms with Gasteiger partial charge in [0.2, 0.25) is 0 Å². The molecule has 0 unspecified atom stereocenters. The summed E-state index contributed by atoms with van der Waals surface area (Å²) in [5.41, 5.74) is 5.89. The van der Waals surface area contributed by atoms with Crippen LogP contribution in [-0.2, 0) is 0 Å². The van der Waals surface area contributed by atoms with Crippen molar-refractivity contribution >= 4 is 17.3 Å². The lowest BCUT2D eigenvalue weighted by molar-refractivity contribution is 0.0940. The van der Waals surface area contributed by atoms with Crippen molar-refractivity contribution in [3.63, 3.8) is 0 Å². The second kappa shape index (κ2) is 3.97. The molecule has 0 aliphatic heterocycles. The van der Waals surface area contributed by atoms with Gasteiger partial charge in [0.05, 0.1) is 11.8 Å². The molecule has 2 atom stereocenters. The Labute approximate surface area is 97.8 Å². The number of hydrogen-bond donors (Lipinski definition) is 2.